The summed E-state index contributed by atoms with van der Waals surface area (Å²) in [5.74, 6) is -1.16. The van der Waals surface area contributed by atoms with Gasteiger partial charge in [0, 0.05) is 11.1 Å². The molecule has 0 rings (SSSR count). The van der Waals surface area contributed by atoms with E-state index in [1.165, 1.54) is 0 Å². The van der Waals surface area contributed by atoms with Gasteiger partial charge in [0.05, 0.1) is 6.04 Å². The lowest BCUT2D eigenvalue weighted by Gasteiger charge is -2.32. The smallest absolute Gasteiger partial charge is 0.336 e. The van der Waals surface area contributed by atoms with Crippen molar-refractivity contribution < 1.29 is 19.1 Å². The molecule has 0 fully saturated rings. The van der Waals surface area contributed by atoms with E-state index >= 15 is 0 Å². The normalized spacial score (nSPS) is 12.2. The Morgan fingerprint density at radius 2 is 1.35 bits per heavy atom. The fourth-order valence-corrected chi connectivity index (χ4v) is 1.60. The first-order valence-corrected chi connectivity index (χ1v) is 6.71. The minimum absolute atomic E-state index is 0.253. The first-order valence-electron chi connectivity index (χ1n) is 6.71. The van der Waals surface area contributed by atoms with Gasteiger partial charge in [0.2, 0.25) is 0 Å². The van der Waals surface area contributed by atoms with Crippen LogP contribution in [0.1, 0.15) is 34.6 Å². The maximum atomic E-state index is 11.7. The second-order valence-electron chi connectivity index (χ2n) is 4.70. The Balaban J connectivity index is 5.03. The van der Waals surface area contributed by atoms with Gasteiger partial charge in [-0.1, -0.05) is 27.0 Å². The van der Waals surface area contributed by atoms with E-state index in [1.54, 1.807) is 13.8 Å². The van der Waals surface area contributed by atoms with Crippen molar-refractivity contribution in [1.29, 1.82) is 0 Å². The summed E-state index contributed by atoms with van der Waals surface area (Å²) in [5, 5.41) is 0. The molecule has 0 amide bonds. The summed E-state index contributed by atoms with van der Waals surface area (Å²) >= 11 is 0. The molecule has 0 aromatic carbocycles. The number of hydrogen-bond donors (Lipinski definition) is 0. The van der Waals surface area contributed by atoms with E-state index in [-0.39, 0.29) is 17.2 Å². The number of rotatable bonds is 8. The van der Waals surface area contributed by atoms with Crippen LogP contribution in [0.2, 0.25) is 0 Å². The summed E-state index contributed by atoms with van der Waals surface area (Å²) in [6.07, 6.45) is -0.983. The van der Waals surface area contributed by atoms with Gasteiger partial charge in [-0.25, -0.2) is 9.59 Å². The van der Waals surface area contributed by atoms with Crippen molar-refractivity contribution in [3.8, 4) is 0 Å². The van der Waals surface area contributed by atoms with Crippen LogP contribution in [0.4, 0.5) is 0 Å². The van der Waals surface area contributed by atoms with Gasteiger partial charge in [0.15, 0.2) is 0 Å². The molecule has 0 saturated carbocycles. The molecule has 0 saturated heterocycles. The summed E-state index contributed by atoms with van der Waals surface area (Å²) in [6.45, 7) is 17.4. The third-order valence-electron chi connectivity index (χ3n) is 2.93. The number of carbonyl (C=O) groups is 2. The summed E-state index contributed by atoms with van der Waals surface area (Å²) in [7, 11) is 0. The summed E-state index contributed by atoms with van der Waals surface area (Å²) in [6, 6.07) is -0.253. The topological polar surface area (TPSA) is 55.8 Å². The van der Waals surface area contributed by atoms with Crippen LogP contribution in [-0.2, 0) is 19.1 Å². The van der Waals surface area contributed by atoms with Gasteiger partial charge in [-0.15, -0.1) is 0 Å². The standard InChI is InChI=1S/C15H25NO4/c1-8-16(9-2)12(7)15(19-13(17)10(3)4)20-14(18)11(5)6/h12,15H,3,5,8-9H2,1-2,4,6-7H3. The van der Waals surface area contributed by atoms with E-state index < -0.39 is 18.2 Å². The van der Waals surface area contributed by atoms with Crippen LogP contribution in [0.25, 0.3) is 0 Å². The molecule has 5 heteroatoms. The molecule has 114 valence electrons. The molecule has 5 nitrogen and oxygen atoms in total. The van der Waals surface area contributed by atoms with Crippen molar-refractivity contribution in [2.24, 2.45) is 0 Å². The van der Waals surface area contributed by atoms with Gasteiger partial charge in [-0.05, 0) is 33.9 Å². The van der Waals surface area contributed by atoms with E-state index in [4.69, 9.17) is 9.47 Å². The molecule has 20 heavy (non-hydrogen) atoms. The molecule has 0 aliphatic carbocycles. The largest absolute Gasteiger partial charge is 0.420 e. The maximum absolute atomic E-state index is 11.7. The van der Waals surface area contributed by atoms with E-state index in [9.17, 15) is 9.59 Å². The zero-order valence-corrected chi connectivity index (χ0v) is 13.1. The van der Waals surface area contributed by atoms with Crippen LogP contribution in [-0.4, -0.2) is 42.3 Å². The SMILES string of the molecule is C=C(C)C(=O)OC(OC(=O)C(=C)C)C(C)N(CC)CC. The Kier molecular flexibility index (Phi) is 7.84. The Bertz CT molecular complexity index is 357. The highest BCUT2D eigenvalue weighted by atomic mass is 16.7. The molecule has 0 N–H and O–H groups in total. The molecule has 0 aromatic rings. The molecule has 0 spiro atoms. The zero-order chi connectivity index (χ0) is 15.9. The van der Waals surface area contributed by atoms with Crippen LogP contribution in [0.3, 0.4) is 0 Å². The van der Waals surface area contributed by atoms with Gasteiger partial charge >= 0.3 is 11.9 Å². The Morgan fingerprint density at radius 3 is 1.60 bits per heavy atom. The summed E-state index contributed by atoms with van der Waals surface area (Å²) in [4.78, 5) is 25.3. The first kappa shape index (κ1) is 18.4. The van der Waals surface area contributed by atoms with Gasteiger partial charge in [0.1, 0.15) is 0 Å². The van der Waals surface area contributed by atoms with E-state index in [0.29, 0.717) is 0 Å². The van der Waals surface area contributed by atoms with E-state index in [0.717, 1.165) is 13.1 Å². The van der Waals surface area contributed by atoms with Crippen LogP contribution in [0, 0.1) is 0 Å². The second kappa shape index (κ2) is 8.53. The van der Waals surface area contributed by atoms with Crippen molar-refractivity contribution in [1.82, 2.24) is 4.90 Å². The molecular formula is C15H25NO4. The number of ether oxygens (including phenoxy) is 2. The van der Waals surface area contributed by atoms with E-state index in [1.807, 2.05) is 25.7 Å². The Morgan fingerprint density at radius 1 is 1.00 bits per heavy atom. The molecule has 0 aliphatic rings. The Hall–Kier alpha value is -1.62. The lowest BCUT2D eigenvalue weighted by Crippen LogP contribution is -2.45. The van der Waals surface area contributed by atoms with Crippen molar-refractivity contribution in [3.63, 3.8) is 0 Å². The summed E-state index contributed by atoms with van der Waals surface area (Å²) < 4.78 is 10.4. The highest BCUT2D eigenvalue weighted by Gasteiger charge is 2.29. The predicted octanol–water partition coefficient (Wildman–Crippen LogP) is 2.28. The molecular weight excluding hydrogens is 258 g/mol. The second-order valence-corrected chi connectivity index (χ2v) is 4.70. The molecule has 0 aliphatic heterocycles. The molecule has 0 aromatic heterocycles. The highest BCUT2D eigenvalue weighted by molar-refractivity contribution is 5.88. The van der Waals surface area contributed by atoms with Crippen molar-refractivity contribution in [2.45, 2.75) is 47.0 Å². The number of esters is 2. The van der Waals surface area contributed by atoms with Gasteiger partial charge in [-0.3, -0.25) is 4.90 Å². The van der Waals surface area contributed by atoms with Gasteiger partial charge in [-0.2, -0.15) is 0 Å². The van der Waals surface area contributed by atoms with Gasteiger partial charge < -0.3 is 9.47 Å². The monoisotopic (exact) mass is 283 g/mol. The maximum Gasteiger partial charge on any atom is 0.336 e. The number of hydrogen-bond acceptors (Lipinski definition) is 5. The average molecular weight is 283 g/mol. The van der Waals surface area contributed by atoms with Crippen molar-refractivity contribution in [3.05, 3.63) is 24.3 Å². The first-order chi connectivity index (χ1) is 9.24. The van der Waals surface area contributed by atoms with E-state index in [2.05, 4.69) is 13.2 Å². The number of likely N-dealkylation sites (N-methyl/N-ethyl adjacent to an activating group) is 1. The molecule has 0 radical (unpaired) electrons. The van der Waals surface area contributed by atoms with Gasteiger partial charge in [0.25, 0.3) is 6.29 Å². The molecule has 1 unspecified atom stereocenters. The highest BCUT2D eigenvalue weighted by Crippen LogP contribution is 2.13. The molecule has 0 heterocycles. The lowest BCUT2D eigenvalue weighted by molar-refractivity contribution is -0.193. The van der Waals surface area contributed by atoms with Crippen LogP contribution in [0.5, 0.6) is 0 Å². The minimum atomic E-state index is -0.983. The minimum Gasteiger partial charge on any atom is -0.420 e. The van der Waals surface area contributed by atoms with Crippen LogP contribution < -0.4 is 0 Å². The fourth-order valence-electron chi connectivity index (χ4n) is 1.60. The van der Waals surface area contributed by atoms with Crippen LogP contribution in [0.15, 0.2) is 24.3 Å². The van der Waals surface area contributed by atoms with Crippen LogP contribution >= 0.6 is 0 Å². The zero-order valence-electron chi connectivity index (χ0n) is 13.1. The van der Waals surface area contributed by atoms with Crippen molar-refractivity contribution in [2.75, 3.05) is 13.1 Å². The fraction of sp³-hybridized carbons (Fsp3) is 0.600. The van der Waals surface area contributed by atoms with Crippen molar-refractivity contribution >= 4 is 11.9 Å². The molecule has 1 atom stereocenters. The third-order valence-corrected chi connectivity index (χ3v) is 2.93. The third kappa shape index (κ3) is 5.57. The molecule has 0 bridgehead atoms. The number of nitrogens with zero attached hydrogens (tertiary/aromatic N) is 1. The number of carbonyl (C=O) groups excluding carboxylic acids is 2. The lowest BCUT2D eigenvalue weighted by atomic mass is 10.2. The Labute approximate surface area is 121 Å². The average Bonchev–Trinajstić information content (AvgIpc) is 2.38. The predicted molar refractivity (Wildman–Crippen MR) is 78.0 cm³/mol. The quantitative estimate of drug-likeness (QED) is 0.388. The summed E-state index contributed by atoms with van der Waals surface area (Å²) in [5.41, 5.74) is 0.515.